The van der Waals surface area contributed by atoms with E-state index in [1.54, 1.807) is 0 Å². The number of aliphatic carboxylic acids is 1. The third-order valence-electron chi connectivity index (χ3n) is 2.65. The Morgan fingerprint density at radius 1 is 1.00 bits per heavy atom. The third kappa shape index (κ3) is 3.59. The van der Waals surface area contributed by atoms with Gasteiger partial charge in [-0.25, -0.2) is 21.1 Å². The lowest BCUT2D eigenvalue weighted by atomic mass is 10.4. The molecule has 0 saturated carbocycles. The number of carboxylic acids is 1. The number of carbonyl (C=O) groups is 1. The van der Waals surface area contributed by atoms with Crippen LogP contribution in [0.4, 0.5) is 0 Å². The van der Waals surface area contributed by atoms with Gasteiger partial charge in [-0.15, -0.1) is 0 Å². The topological polar surface area (TPSA) is 112 Å². The second kappa shape index (κ2) is 6.10. The zero-order valence-corrected chi connectivity index (χ0v) is 13.3. The van der Waals surface area contributed by atoms with Gasteiger partial charge in [0.25, 0.3) is 0 Å². The minimum atomic E-state index is -4.23. The van der Waals surface area contributed by atoms with E-state index in [1.165, 1.54) is 26.2 Å². The molecule has 0 amide bonds. The molecule has 0 aliphatic heterocycles. The first kappa shape index (κ1) is 17.6. The van der Waals surface area contributed by atoms with Crippen molar-refractivity contribution in [3.63, 3.8) is 0 Å². The lowest BCUT2D eigenvalue weighted by Gasteiger charge is -2.19. The molecule has 0 aliphatic carbocycles. The van der Waals surface area contributed by atoms with E-state index in [0.717, 1.165) is 23.5 Å². The van der Waals surface area contributed by atoms with E-state index in [0.29, 0.717) is 4.31 Å². The summed E-state index contributed by atoms with van der Waals surface area (Å²) in [7, 11) is -4.58. The number of hydrogen-bond donors (Lipinski definition) is 1. The Kier molecular flexibility index (Phi) is 5.10. The Morgan fingerprint density at radius 3 is 1.81 bits per heavy atom. The quantitative estimate of drug-likeness (QED) is 0.759. The summed E-state index contributed by atoms with van der Waals surface area (Å²) in [6, 6.07) is 5.06. The SMILES string of the molecule is CN(C)S(=O)(=O)c1ccccc1S(=O)(=O)N(C)CC(=O)O. The lowest BCUT2D eigenvalue weighted by Crippen LogP contribution is -2.33. The van der Waals surface area contributed by atoms with Crippen molar-refractivity contribution >= 4 is 26.0 Å². The van der Waals surface area contributed by atoms with Crippen LogP contribution < -0.4 is 0 Å². The molecular formula is C11H16N2O6S2. The first-order valence-corrected chi connectivity index (χ1v) is 8.59. The molecule has 21 heavy (non-hydrogen) atoms. The van der Waals surface area contributed by atoms with Crippen molar-refractivity contribution in [1.82, 2.24) is 8.61 Å². The van der Waals surface area contributed by atoms with Crippen molar-refractivity contribution < 1.29 is 26.7 Å². The maximum atomic E-state index is 12.3. The first-order chi connectivity index (χ1) is 9.51. The molecular weight excluding hydrogens is 320 g/mol. The highest BCUT2D eigenvalue weighted by Crippen LogP contribution is 2.25. The van der Waals surface area contributed by atoms with Crippen LogP contribution in [0.2, 0.25) is 0 Å². The van der Waals surface area contributed by atoms with Crippen LogP contribution in [0.5, 0.6) is 0 Å². The van der Waals surface area contributed by atoms with Crippen molar-refractivity contribution in [2.75, 3.05) is 27.7 Å². The standard InChI is InChI=1S/C11H16N2O6S2/c1-12(2)20(16,17)9-6-4-5-7-10(9)21(18,19)13(3)8-11(14)15/h4-7H,8H2,1-3H3,(H,14,15). The van der Waals surface area contributed by atoms with Gasteiger partial charge < -0.3 is 5.11 Å². The zero-order chi connectivity index (χ0) is 16.4. The number of nitrogens with zero attached hydrogens (tertiary/aromatic N) is 2. The van der Waals surface area contributed by atoms with Crippen LogP contribution in [0.15, 0.2) is 34.1 Å². The number of carboxylic acid groups (broad SMARTS) is 1. The molecule has 0 spiro atoms. The molecule has 0 aliphatic rings. The van der Waals surface area contributed by atoms with E-state index in [-0.39, 0.29) is 0 Å². The summed E-state index contributed by atoms with van der Waals surface area (Å²) >= 11 is 0. The van der Waals surface area contributed by atoms with Crippen molar-refractivity contribution in [2.24, 2.45) is 0 Å². The van der Waals surface area contributed by atoms with Gasteiger partial charge in [-0.2, -0.15) is 4.31 Å². The summed E-state index contributed by atoms with van der Waals surface area (Å²) in [6.07, 6.45) is 0. The summed E-state index contributed by atoms with van der Waals surface area (Å²) in [5, 5.41) is 8.68. The molecule has 0 saturated heterocycles. The first-order valence-electron chi connectivity index (χ1n) is 5.71. The molecule has 0 radical (unpaired) electrons. The van der Waals surface area contributed by atoms with Gasteiger partial charge in [-0.05, 0) is 12.1 Å². The molecule has 0 bridgehead atoms. The Balaban J connectivity index is 3.49. The number of likely N-dealkylation sites (N-methyl/N-ethyl adjacent to an activating group) is 1. The van der Waals surface area contributed by atoms with Crippen molar-refractivity contribution in [2.45, 2.75) is 9.79 Å². The Morgan fingerprint density at radius 2 is 1.43 bits per heavy atom. The molecule has 0 heterocycles. The zero-order valence-electron chi connectivity index (χ0n) is 11.7. The van der Waals surface area contributed by atoms with Crippen molar-refractivity contribution in [3.05, 3.63) is 24.3 Å². The maximum absolute atomic E-state index is 12.3. The summed E-state index contributed by atoms with van der Waals surface area (Å²) < 4.78 is 50.5. The van der Waals surface area contributed by atoms with Gasteiger partial charge in [0.2, 0.25) is 20.0 Å². The molecule has 1 rings (SSSR count). The summed E-state index contributed by atoms with van der Waals surface area (Å²) in [6.45, 7) is -0.765. The number of sulfonamides is 2. The largest absolute Gasteiger partial charge is 0.480 e. The molecule has 0 aromatic heterocycles. The third-order valence-corrected chi connectivity index (χ3v) is 6.52. The average Bonchev–Trinajstić information content (AvgIpc) is 2.37. The van der Waals surface area contributed by atoms with E-state index >= 15 is 0 Å². The van der Waals surface area contributed by atoms with Gasteiger partial charge in [0.1, 0.15) is 16.3 Å². The van der Waals surface area contributed by atoms with Crippen LogP contribution in [0.25, 0.3) is 0 Å². The fourth-order valence-electron chi connectivity index (χ4n) is 1.52. The Hall–Kier alpha value is -1.49. The highest BCUT2D eigenvalue weighted by molar-refractivity contribution is 7.92. The smallest absolute Gasteiger partial charge is 0.318 e. The van der Waals surface area contributed by atoms with Crippen molar-refractivity contribution in [1.29, 1.82) is 0 Å². The van der Waals surface area contributed by atoms with Gasteiger partial charge in [0.15, 0.2) is 0 Å². The van der Waals surface area contributed by atoms with Gasteiger partial charge in [0.05, 0.1) is 0 Å². The van der Waals surface area contributed by atoms with Crippen LogP contribution in [0, 0.1) is 0 Å². The van der Waals surface area contributed by atoms with E-state index < -0.39 is 42.4 Å². The fraction of sp³-hybridized carbons (Fsp3) is 0.364. The Bertz CT molecular complexity index is 740. The van der Waals surface area contributed by atoms with Crippen LogP contribution in [0.3, 0.4) is 0 Å². The highest BCUT2D eigenvalue weighted by atomic mass is 32.2. The van der Waals surface area contributed by atoms with Gasteiger partial charge in [-0.1, -0.05) is 12.1 Å². The molecule has 1 aromatic rings. The second-order valence-electron chi connectivity index (χ2n) is 4.39. The fourth-order valence-corrected chi connectivity index (χ4v) is 4.30. The summed E-state index contributed by atoms with van der Waals surface area (Å²) in [4.78, 5) is 9.79. The molecule has 0 unspecified atom stereocenters. The summed E-state index contributed by atoms with van der Waals surface area (Å²) in [5.41, 5.74) is 0. The number of benzene rings is 1. The number of rotatable bonds is 6. The van der Waals surface area contributed by atoms with E-state index in [9.17, 15) is 21.6 Å². The minimum absolute atomic E-state index is 0.396. The van der Waals surface area contributed by atoms with Crippen LogP contribution >= 0.6 is 0 Å². The van der Waals surface area contributed by atoms with Crippen LogP contribution in [0.1, 0.15) is 0 Å². The Labute approximate surface area is 123 Å². The molecule has 1 aromatic carbocycles. The monoisotopic (exact) mass is 336 g/mol. The minimum Gasteiger partial charge on any atom is -0.480 e. The van der Waals surface area contributed by atoms with Crippen LogP contribution in [-0.2, 0) is 24.8 Å². The van der Waals surface area contributed by atoms with Crippen molar-refractivity contribution in [3.8, 4) is 0 Å². The summed E-state index contributed by atoms with van der Waals surface area (Å²) in [5.74, 6) is -1.34. The molecule has 118 valence electrons. The molecule has 1 N–H and O–H groups in total. The highest BCUT2D eigenvalue weighted by Gasteiger charge is 2.31. The normalized spacial score (nSPS) is 12.8. The van der Waals surface area contributed by atoms with E-state index in [1.807, 2.05) is 0 Å². The van der Waals surface area contributed by atoms with Crippen LogP contribution in [-0.4, -0.2) is 64.2 Å². The van der Waals surface area contributed by atoms with Gasteiger partial charge in [0, 0.05) is 21.1 Å². The maximum Gasteiger partial charge on any atom is 0.318 e. The van der Waals surface area contributed by atoms with Gasteiger partial charge >= 0.3 is 5.97 Å². The second-order valence-corrected chi connectivity index (χ2v) is 8.52. The molecule has 8 nitrogen and oxygen atoms in total. The predicted octanol–water partition coefficient (Wildman–Crippen LogP) is -0.358. The molecule has 10 heteroatoms. The molecule has 0 fully saturated rings. The molecule has 0 atom stereocenters. The number of hydrogen-bond acceptors (Lipinski definition) is 5. The lowest BCUT2D eigenvalue weighted by molar-refractivity contribution is -0.137. The van der Waals surface area contributed by atoms with Gasteiger partial charge in [-0.3, -0.25) is 4.79 Å². The average molecular weight is 336 g/mol. The van der Waals surface area contributed by atoms with E-state index in [2.05, 4.69) is 0 Å². The predicted molar refractivity (Wildman–Crippen MR) is 74.8 cm³/mol. The van der Waals surface area contributed by atoms with E-state index in [4.69, 9.17) is 5.11 Å².